The van der Waals surface area contributed by atoms with Crippen molar-refractivity contribution in [2.24, 2.45) is 0 Å². The number of para-hydroxylation sites is 3. The fourth-order valence-corrected chi connectivity index (χ4v) is 3.78. The summed E-state index contributed by atoms with van der Waals surface area (Å²) in [5.41, 5.74) is 2.21. The lowest BCUT2D eigenvalue weighted by Crippen LogP contribution is -2.25. The third-order valence-corrected chi connectivity index (χ3v) is 4.90. The van der Waals surface area contributed by atoms with Gasteiger partial charge in [0.2, 0.25) is 5.91 Å². The molecule has 0 N–H and O–H groups in total. The van der Waals surface area contributed by atoms with E-state index in [2.05, 4.69) is 27.1 Å². The maximum Gasteiger partial charge on any atom is 0.227 e. The summed E-state index contributed by atoms with van der Waals surface area (Å²) >= 11 is 3.42. The lowest BCUT2D eigenvalue weighted by atomic mass is 10.1. The second kappa shape index (κ2) is 6.68. The predicted octanol–water partition coefficient (Wildman–Crippen LogP) is 4.60. The van der Waals surface area contributed by atoms with E-state index in [4.69, 9.17) is 4.98 Å². The van der Waals surface area contributed by atoms with Crippen LogP contribution in [0.25, 0.3) is 11.0 Å². The molecule has 2 aromatic carbocycles. The minimum atomic E-state index is -0.385. The van der Waals surface area contributed by atoms with Crippen molar-refractivity contribution in [2.75, 3.05) is 11.4 Å². The Bertz CT molecular complexity index is 1010. The average Bonchev–Trinajstić information content (AvgIpc) is 3.16. The van der Waals surface area contributed by atoms with Gasteiger partial charge in [-0.25, -0.2) is 9.37 Å². The van der Waals surface area contributed by atoms with Crippen molar-refractivity contribution in [3.63, 3.8) is 0 Å². The predicted molar refractivity (Wildman–Crippen MR) is 104 cm³/mol. The van der Waals surface area contributed by atoms with Gasteiger partial charge in [-0.2, -0.15) is 0 Å². The Labute approximate surface area is 159 Å². The van der Waals surface area contributed by atoms with Crippen LogP contribution in [0, 0.1) is 5.82 Å². The number of carbonyl (C=O) groups is 1. The highest BCUT2D eigenvalue weighted by atomic mass is 79.9. The standard InChI is InChI=1S/C20H17BrFN3O/c1-13(21)11-25-18-9-5-3-7-16(18)23-20(25)14-10-19(26)24(12-14)17-8-4-2-6-15(17)22/h2-9,14H,1,10-12H2. The number of fused-ring (bicyclic) bond motifs is 1. The van der Waals surface area contributed by atoms with Gasteiger partial charge in [-0.3, -0.25) is 4.79 Å². The quantitative estimate of drug-likeness (QED) is 0.626. The molecule has 0 aliphatic carbocycles. The maximum atomic E-state index is 14.1. The molecule has 132 valence electrons. The molecule has 0 saturated carbocycles. The fraction of sp³-hybridized carbons (Fsp3) is 0.200. The molecule has 26 heavy (non-hydrogen) atoms. The number of amides is 1. The maximum absolute atomic E-state index is 14.1. The first kappa shape index (κ1) is 17.0. The van der Waals surface area contributed by atoms with E-state index >= 15 is 0 Å². The largest absolute Gasteiger partial charge is 0.323 e. The topological polar surface area (TPSA) is 38.1 Å². The first-order valence-corrected chi connectivity index (χ1v) is 9.17. The summed E-state index contributed by atoms with van der Waals surface area (Å²) in [6.07, 6.45) is 0.312. The summed E-state index contributed by atoms with van der Waals surface area (Å²) in [7, 11) is 0. The molecule has 3 aromatic rings. The summed E-state index contributed by atoms with van der Waals surface area (Å²) in [5, 5.41) is 0. The molecule has 1 fully saturated rings. The first-order valence-electron chi connectivity index (χ1n) is 8.38. The molecule has 0 radical (unpaired) electrons. The molecular weight excluding hydrogens is 397 g/mol. The Morgan fingerprint density at radius 2 is 1.96 bits per heavy atom. The Hall–Kier alpha value is -2.47. The highest BCUT2D eigenvalue weighted by Crippen LogP contribution is 2.34. The van der Waals surface area contributed by atoms with Gasteiger partial charge in [-0.15, -0.1) is 0 Å². The molecule has 4 nitrogen and oxygen atoms in total. The number of aromatic nitrogens is 2. The summed E-state index contributed by atoms with van der Waals surface area (Å²) in [4.78, 5) is 18.8. The van der Waals surface area contributed by atoms with Crippen LogP contribution in [0.4, 0.5) is 10.1 Å². The van der Waals surface area contributed by atoms with Crippen molar-refractivity contribution in [1.82, 2.24) is 9.55 Å². The smallest absolute Gasteiger partial charge is 0.227 e. The Balaban J connectivity index is 1.73. The number of allylic oxidation sites excluding steroid dienone is 1. The lowest BCUT2D eigenvalue weighted by Gasteiger charge is -2.18. The molecular formula is C20H17BrFN3O. The Morgan fingerprint density at radius 3 is 2.73 bits per heavy atom. The van der Waals surface area contributed by atoms with Gasteiger partial charge in [-0.05, 0) is 24.3 Å². The van der Waals surface area contributed by atoms with Crippen molar-refractivity contribution in [2.45, 2.75) is 18.9 Å². The third kappa shape index (κ3) is 2.94. The molecule has 1 aromatic heterocycles. The summed E-state index contributed by atoms with van der Waals surface area (Å²) < 4.78 is 17.0. The van der Waals surface area contributed by atoms with Crippen molar-refractivity contribution in [1.29, 1.82) is 0 Å². The third-order valence-electron chi connectivity index (χ3n) is 4.65. The van der Waals surface area contributed by atoms with Crippen LogP contribution < -0.4 is 4.90 Å². The molecule has 6 heteroatoms. The van der Waals surface area contributed by atoms with E-state index in [1.807, 2.05) is 24.3 Å². The SMILES string of the molecule is C=C(Br)Cn1c(C2CC(=O)N(c3ccccc3F)C2)nc2ccccc21. The molecule has 0 spiro atoms. The van der Waals surface area contributed by atoms with Crippen molar-refractivity contribution < 1.29 is 9.18 Å². The van der Waals surface area contributed by atoms with Gasteiger partial charge >= 0.3 is 0 Å². The van der Waals surface area contributed by atoms with Gasteiger partial charge in [0.25, 0.3) is 0 Å². The van der Waals surface area contributed by atoms with E-state index in [1.165, 1.54) is 11.0 Å². The minimum Gasteiger partial charge on any atom is -0.323 e. The summed E-state index contributed by atoms with van der Waals surface area (Å²) in [6.45, 7) is 4.92. The molecule has 2 heterocycles. The molecule has 1 aliphatic heterocycles. The van der Waals surface area contributed by atoms with Gasteiger partial charge in [0, 0.05) is 23.4 Å². The second-order valence-electron chi connectivity index (χ2n) is 6.42. The zero-order valence-corrected chi connectivity index (χ0v) is 15.6. The van der Waals surface area contributed by atoms with Crippen LogP contribution in [0.2, 0.25) is 0 Å². The van der Waals surface area contributed by atoms with Gasteiger partial charge in [0.05, 0.1) is 23.3 Å². The van der Waals surface area contributed by atoms with E-state index in [9.17, 15) is 9.18 Å². The van der Waals surface area contributed by atoms with E-state index in [0.29, 0.717) is 25.2 Å². The van der Waals surface area contributed by atoms with Crippen LogP contribution in [0.15, 0.2) is 59.6 Å². The highest BCUT2D eigenvalue weighted by molar-refractivity contribution is 9.11. The number of halogens is 2. The van der Waals surface area contributed by atoms with Gasteiger partial charge in [0.1, 0.15) is 11.6 Å². The number of hydrogen-bond donors (Lipinski definition) is 0. The van der Waals surface area contributed by atoms with E-state index in [0.717, 1.165) is 21.3 Å². The van der Waals surface area contributed by atoms with Crippen LogP contribution in [0.1, 0.15) is 18.2 Å². The van der Waals surface area contributed by atoms with Gasteiger partial charge < -0.3 is 9.47 Å². The van der Waals surface area contributed by atoms with Crippen molar-refractivity contribution in [3.05, 3.63) is 71.2 Å². The van der Waals surface area contributed by atoms with Crippen LogP contribution >= 0.6 is 15.9 Å². The Morgan fingerprint density at radius 1 is 1.23 bits per heavy atom. The normalized spacial score (nSPS) is 17.2. The molecule has 1 aliphatic rings. The second-order valence-corrected chi connectivity index (χ2v) is 7.54. The number of anilines is 1. The number of imidazole rings is 1. The number of benzene rings is 2. The average molecular weight is 414 g/mol. The monoisotopic (exact) mass is 413 g/mol. The minimum absolute atomic E-state index is 0.0867. The summed E-state index contributed by atoms with van der Waals surface area (Å²) in [6, 6.07) is 14.2. The molecule has 4 rings (SSSR count). The zero-order chi connectivity index (χ0) is 18.3. The van der Waals surface area contributed by atoms with E-state index in [-0.39, 0.29) is 17.6 Å². The summed E-state index contributed by atoms with van der Waals surface area (Å²) in [5.74, 6) is 0.264. The zero-order valence-electron chi connectivity index (χ0n) is 14.0. The van der Waals surface area contributed by atoms with Gasteiger partial charge in [-0.1, -0.05) is 46.8 Å². The lowest BCUT2D eigenvalue weighted by molar-refractivity contribution is -0.117. The van der Waals surface area contributed by atoms with Gasteiger partial charge in [0.15, 0.2) is 0 Å². The number of hydrogen-bond acceptors (Lipinski definition) is 2. The van der Waals surface area contributed by atoms with Crippen LogP contribution in [-0.4, -0.2) is 22.0 Å². The van der Waals surface area contributed by atoms with Crippen molar-refractivity contribution in [3.8, 4) is 0 Å². The first-order chi connectivity index (χ1) is 12.5. The highest BCUT2D eigenvalue weighted by Gasteiger charge is 2.35. The number of rotatable bonds is 4. The van der Waals surface area contributed by atoms with E-state index in [1.54, 1.807) is 18.2 Å². The van der Waals surface area contributed by atoms with E-state index < -0.39 is 0 Å². The molecule has 0 bridgehead atoms. The van der Waals surface area contributed by atoms with Crippen molar-refractivity contribution >= 4 is 38.6 Å². The molecule has 1 amide bonds. The van der Waals surface area contributed by atoms with Crippen LogP contribution in [0.3, 0.4) is 0 Å². The molecule has 1 saturated heterocycles. The molecule has 1 unspecified atom stereocenters. The number of nitrogens with zero attached hydrogens (tertiary/aromatic N) is 3. The van der Waals surface area contributed by atoms with Crippen LogP contribution in [-0.2, 0) is 11.3 Å². The fourth-order valence-electron chi connectivity index (χ4n) is 3.53. The molecule has 1 atom stereocenters. The van der Waals surface area contributed by atoms with Crippen LogP contribution in [0.5, 0.6) is 0 Å². The number of carbonyl (C=O) groups excluding carboxylic acids is 1. The Kier molecular flexibility index (Phi) is 4.36.